The first-order valence-electron chi connectivity index (χ1n) is 7.24. The van der Waals surface area contributed by atoms with Gasteiger partial charge in [-0.15, -0.1) is 0 Å². The summed E-state index contributed by atoms with van der Waals surface area (Å²) in [6.45, 7) is 0. The summed E-state index contributed by atoms with van der Waals surface area (Å²) in [5.41, 5.74) is 1.77. The Labute approximate surface area is 142 Å². The average Bonchev–Trinajstić information content (AvgIpc) is 2.55. The molecule has 0 aliphatic carbocycles. The Morgan fingerprint density at radius 2 is 1.32 bits per heavy atom. The number of carbonyl (C=O) groups excluding carboxylic acids is 2. The van der Waals surface area contributed by atoms with E-state index in [2.05, 4.69) is 5.32 Å². The van der Waals surface area contributed by atoms with Gasteiger partial charge in [0.2, 0.25) is 0 Å². The first-order chi connectivity index (χ1) is 11.7. The van der Waals surface area contributed by atoms with Crippen LogP contribution in [0.3, 0.4) is 0 Å². The van der Waals surface area contributed by atoms with Gasteiger partial charge in [0.05, 0.1) is 0 Å². The zero-order valence-electron chi connectivity index (χ0n) is 13.5. The minimum Gasteiger partial charge on any atom is -0.378 e. The zero-order chi connectivity index (χ0) is 18.6. The van der Waals surface area contributed by atoms with Crippen LogP contribution >= 0.6 is 0 Å². The molecule has 0 aromatic heterocycles. The van der Waals surface area contributed by atoms with Gasteiger partial charge in [-0.1, -0.05) is 0 Å². The molecule has 132 valence electrons. The van der Waals surface area contributed by atoms with Crippen LogP contribution in [0.2, 0.25) is 0 Å². The molecule has 2 aromatic carbocycles. The molecule has 0 bridgehead atoms. The van der Waals surface area contributed by atoms with Crippen LogP contribution in [0.4, 0.5) is 30.2 Å². The molecule has 2 amide bonds. The molecule has 0 unspecified atom stereocenters. The number of halogens is 3. The Balaban J connectivity index is 2.01. The highest BCUT2D eigenvalue weighted by atomic mass is 19.4. The van der Waals surface area contributed by atoms with Gasteiger partial charge in [-0.25, -0.2) is 0 Å². The SMILES string of the molecule is CN(C)c1ccc(C(=O)Nc2ccc(NC(=O)C(F)(F)F)cc2)cc1. The predicted octanol–water partition coefficient (Wildman–Crippen LogP) is 3.51. The lowest BCUT2D eigenvalue weighted by atomic mass is 10.2. The van der Waals surface area contributed by atoms with Crippen LogP contribution in [0.5, 0.6) is 0 Å². The van der Waals surface area contributed by atoms with Crippen LogP contribution in [0.15, 0.2) is 48.5 Å². The summed E-state index contributed by atoms with van der Waals surface area (Å²) in [7, 11) is 3.77. The van der Waals surface area contributed by atoms with E-state index < -0.39 is 12.1 Å². The number of amides is 2. The predicted molar refractivity (Wildman–Crippen MR) is 89.8 cm³/mol. The van der Waals surface area contributed by atoms with Crippen LogP contribution in [-0.4, -0.2) is 32.1 Å². The van der Waals surface area contributed by atoms with E-state index in [1.807, 2.05) is 19.0 Å². The van der Waals surface area contributed by atoms with Gasteiger partial charge < -0.3 is 15.5 Å². The topological polar surface area (TPSA) is 61.4 Å². The van der Waals surface area contributed by atoms with E-state index in [1.165, 1.54) is 24.3 Å². The summed E-state index contributed by atoms with van der Waals surface area (Å²) in [6, 6.07) is 12.3. The third-order valence-electron chi connectivity index (χ3n) is 3.30. The Kier molecular flexibility index (Phi) is 5.31. The van der Waals surface area contributed by atoms with Crippen molar-refractivity contribution < 1.29 is 22.8 Å². The smallest absolute Gasteiger partial charge is 0.378 e. The van der Waals surface area contributed by atoms with Gasteiger partial charge in [0.1, 0.15) is 0 Å². The molecule has 0 saturated heterocycles. The number of hydrogen-bond acceptors (Lipinski definition) is 3. The molecule has 2 aromatic rings. The normalized spacial score (nSPS) is 10.9. The lowest BCUT2D eigenvalue weighted by molar-refractivity contribution is -0.167. The molecule has 25 heavy (non-hydrogen) atoms. The summed E-state index contributed by atoms with van der Waals surface area (Å²) in [5.74, 6) is -2.40. The molecule has 5 nitrogen and oxygen atoms in total. The molecular formula is C17H16F3N3O2. The maximum absolute atomic E-state index is 12.2. The number of nitrogens with one attached hydrogen (secondary N) is 2. The first kappa shape index (κ1) is 18.3. The quantitative estimate of drug-likeness (QED) is 0.886. The van der Waals surface area contributed by atoms with Gasteiger partial charge in [0.15, 0.2) is 0 Å². The second-order valence-electron chi connectivity index (χ2n) is 5.42. The van der Waals surface area contributed by atoms with Crippen molar-refractivity contribution in [1.29, 1.82) is 0 Å². The molecule has 2 rings (SSSR count). The summed E-state index contributed by atoms with van der Waals surface area (Å²) in [5, 5.41) is 4.36. The van der Waals surface area contributed by atoms with Gasteiger partial charge in [0, 0.05) is 36.7 Å². The number of carbonyl (C=O) groups is 2. The third kappa shape index (κ3) is 4.97. The van der Waals surface area contributed by atoms with E-state index in [1.54, 1.807) is 29.6 Å². The molecule has 0 saturated carbocycles. The third-order valence-corrected chi connectivity index (χ3v) is 3.30. The molecule has 0 heterocycles. The van der Waals surface area contributed by atoms with Crippen molar-refractivity contribution >= 4 is 28.9 Å². The van der Waals surface area contributed by atoms with Gasteiger partial charge in [-0.3, -0.25) is 9.59 Å². The van der Waals surface area contributed by atoms with E-state index in [9.17, 15) is 22.8 Å². The van der Waals surface area contributed by atoms with E-state index in [0.717, 1.165) is 5.69 Å². The minimum atomic E-state index is -4.95. The number of nitrogens with zero attached hydrogens (tertiary/aromatic N) is 1. The molecule has 8 heteroatoms. The van der Waals surface area contributed by atoms with Gasteiger partial charge in [-0.05, 0) is 48.5 Å². The van der Waals surface area contributed by atoms with Gasteiger partial charge in [0.25, 0.3) is 5.91 Å². The maximum atomic E-state index is 12.2. The van der Waals surface area contributed by atoms with E-state index in [-0.39, 0.29) is 11.6 Å². The van der Waals surface area contributed by atoms with E-state index in [4.69, 9.17) is 0 Å². The minimum absolute atomic E-state index is 0.0179. The molecular weight excluding hydrogens is 335 g/mol. The van der Waals surface area contributed by atoms with Crippen LogP contribution in [0.25, 0.3) is 0 Å². The fourth-order valence-electron chi connectivity index (χ4n) is 1.95. The van der Waals surface area contributed by atoms with E-state index in [0.29, 0.717) is 11.3 Å². The number of rotatable bonds is 4. The van der Waals surface area contributed by atoms with Crippen molar-refractivity contribution in [3.63, 3.8) is 0 Å². The Hall–Kier alpha value is -3.03. The lowest BCUT2D eigenvalue weighted by Gasteiger charge is -2.13. The number of anilines is 3. The number of alkyl halides is 3. The summed E-state index contributed by atoms with van der Waals surface area (Å²) < 4.78 is 36.5. The second-order valence-corrected chi connectivity index (χ2v) is 5.42. The summed E-state index contributed by atoms with van der Waals surface area (Å²) in [6.07, 6.45) is -4.95. The monoisotopic (exact) mass is 351 g/mol. The standard InChI is InChI=1S/C17H16F3N3O2/c1-23(2)14-9-3-11(4-10-14)15(24)21-12-5-7-13(8-6-12)22-16(25)17(18,19)20/h3-10H,1-2H3,(H,21,24)(H,22,25). The van der Waals surface area contributed by atoms with Crippen molar-refractivity contribution in [3.8, 4) is 0 Å². The van der Waals surface area contributed by atoms with Gasteiger partial charge in [-0.2, -0.15) is 13.2 Å². The van der Waals surface area contributed by atoms with Gasteiger partial charge >= 0.3 is 12.1 Å². The average molecular weight is 351 g/mol. The highest BCUT2D eigenvalue weighted by molar-refractivity contribution is 6.04. The fourth-order valence-corrected chi connectivity index (χ4v) is 1.95. The van der Waals surface area contributed by atoms with Crippen LogP contribution in [0, 0.1) is 0 Å². The molecule has 0 atom stereocenters. The molecule has 0 fully saturated rings. The van der Waals surface area contributed by atoms with Crippen molar-refractivity contribution in [2.75, 3.05) is 29.6 Å². The first-order valence-corrected chi connectivity index (χ1v) is 7.24. The fraction of sp³-hybridized carbons (Fsp3) is 0.176. The largest absolute Gasteiger partial charge is 0.471 e. The molecule has 2 N–H and O–H groups in total. The summed E-state index contributed by atoms with van der Waals surface area (Å²) in [4.78, 5) is 24.9. The number of benzene rings is 2. The van der Waals surface area contributed by atoms with Crippen molar-refractivity contribution in [2.24, 2.45) is 0 Å². The second kappa shape index (κ2) is 7.25. The highest BCUT2D eigenvalue weighted by Crippen LogP contribution is 2.20. The Bertz CT molecular complexity index is 754. The molecule has 0 aliphatic heterocycles. The van der Waals surface area contributed by atoms with Crippen molar-refractivity contribution in [1.82, 2.24) is 0 Å². The highest BCUT2D eigenvalue weighted by Gasteiger charge is 2.38. The molecule has 0 radical (unpaired) electrons. The van der Waals surface area contributed by atoms with Crippen LogP contribution in [0.1, 0.15) is 10.4 Å². The lowest BCUT2D eigenvalue weighted by Crippen LogP contribution is -2.29. The summed E-state index contributed by atoms with van der Waals surface area (Å²) >= 11 is 0. The zero-order valence-corrected chi connectivity index (χ0v) is 13.5. The van der Waals surface area contributed by atoms with E-state index >= 15 is 0 Å². The Morgan fingerprint density at radius 3 is 1.76 bits per heavy atom. The Morgan fingerprint density at radius 1 is 0.840 bits per heavy atom. The molecule has 0 aliphatic rings. The van der Waals surface area contributed by atoms with Crippen molar-refractivity contribution in [3.05, 3.63) is 54.1 Å². The number of hydrogen-bond donors (Lipinski definition) is 2. The molecule has 0 spiro atoms. The van der Waals surface area contributed by atoms with Crippen LogP contribution < -0.4 is 15.5 Å². The van der Waals surface area contributed by atoms with Crippen molar-refractivity contribution in [2.45, 2.75) is 6.18 Å². The maximum Gasteiger partial charge on any atom is 0.471 e. The van der Waals surface area contributed by atoms with Crippen LogP contribution in [-0.2, 0) is 4.79 Å².